The Balaban J connectivity index is 1.71. The summed E-state index contributed by atoms with van der Waals surface area (Å²) in [6.07, 6.45) is 24.6. The molecule has 0 saturated heterocycles. The highest BCUT2D eigenvalue weighted by Gasteiger charge is 2.23. The van der Waals surface area contributed by atoms with E-state index in [9.17, 15) is 0 Å². The van der Waals surface area contributed by atoms with Gasteiger partial charge in [0.05, 0.1) is 0 Å². The maximum Gasteiger partial charge on any atom is 0.139 e. The maximum atomic E-state index is 4.93. The monoisotopic (exact) mass is 321 g/mol. The fourth-order valence-electron chi connectivity index (χ4n) is 4.01. The van der Waals surface area contributed by atoms with E-state index in [1.54, 1.807) is 0 Å². The molecule has 4 rings (SSSR count). The first-order valence-corrected chi connectivity index (χ1v) is 9.66. The first-order valence-electron chi connectivity index (χ1n) is 9.66. The van der Waals surface area contributed by atoms with Crippen LogP contribution in [0.2, 0.25) is 0 Å². The zero-order valence-corrected chi connectivity index (χ0v) is 14.4. The van der Waals surface area contributed by atoms with Gasteiger partial charge in [0.2, 0.25) is 0 Å². The lowest BCUT2D eigenvalue weighted by Gasteiger charge is -2.22. The van der Waals surface area contributed by atoms with Crippen LogP contribution < -0.4 is 0 Å². The highest BCUT2D eigenvalue weighted by Crippen LogP contribution is 2.32. The predicted molar refractivity (Wildman–Crippen MR) is 97.0 cm³/mol. The standard InChI is InChI=1S/C21H27N3/c1-4-10-16(11-5-1)19-22-20(17-12-6-2-7-13-17)24-21(23-19)18-14-8-3-9-15-18/h4,6,8,10,12,14,16-18H,1-3,5,7,9,11,13,15H2. The molecule has 0 saturated carbocycles. The minimum atomic E-state index is 0.374. The van der Waals surface area contributed by atoms with Gasteiger partial charge in [-0.15, -0.1) is 0 Å². The molecule has 0 aliphatic heterocycles. The van der Waals surface area contributed by atoms with Crippen LogP contribution in [0.3, 0.4) is 0 Å². The number of aromatic nitrogens is 3. The van der Waals surface area contributed by atoms with E-state index in [0.717, 1.165) is 17.5 Å². The van der Waals surface area contributed by atoms with E-state index in [2.05, 4.69) is 36.5 Å². The third-order valence-electron chi connectivity index (χ3n) is 5.45. The number of allylic oxidation sites excluding steroid dienone is 6. The largest absolute Gasteiger partial charge is 0.217 e. The Bertz CT molecular complexity index is 556. The lowest BCUT2D eigenvalue weighted by Crippen LogP contribution is -2.16. The van der Waals surface area contributed by atoms with E-state index in [1.807, 2.05) is 0 Å². The molecule has 3 aliphatic carbocycles. The first-order chi connectivity index (χ1) is 11.9. The minimum Gasteiger partial charge on any atom is -0.217 e. The van der Waals surface area contributed by atoms with Gasteiger partial charge in [0.25, 0.3) is 0 Å². The van der Waals surface area contributed by atoms with Gasteiger partial charge in [-0.1, -0.05) is 36.5 Å². The Kier molecular flexibility index (Phi) is 4.86. The van der Waals surface area contributed by atoms with Crippen LogP contribution in [0.5, 0.6) is 0 Å². The van der Waals surface area contributed by atoms with Crippen molar-refractivity contribution in [3.05, 3.63) is 53.9 Å². The lowest BCUT2D eigenvalue weighted by atomic mass is 9.92. The minimum absolute atomic E-state index is 0.374. The summed E-state index contributed by atoms with van der Waals surface area (Å²) < 4.78 is 0. The normalized spacial score (nSPS) is 29.8. The molecule has 1 aromatic heterocycles. The van der Waals surface area contributed by atoms with Gasteiger partial charge >= 0.3 is 0 Å². The van der Waals surface area contributed by atoms with Gasteiger partial charge in [-0.3, -0.25) is 0 Å². The van der Waals surface area contributed by atoms with Gasteiger partial charge < -0.3 is 0 Å². The fraction of sp³-hybridized carbons (Fsp3) is 0.571. The SMILES string of the molecule is C1=CC(c2nc(C3C=CCCC3)nc(C3C=CCCC3)n2)CCC1. The van der Waals surface area contributed by atoms with Crippen molar-refractivity contribution in [3.63, 3.8) is 0 Å². The number of hydrogen-bond donors (Lipinski definition) is 0. The second-order valence-corrected chi connectivity index (χ2v) is 7.31. The first kappa shape index (κ1) is 15.7. The highest BCUT2D eigenvalue weighted by atomic mass is 15.0. The summed E-state index contributed by atoms with van der Waals surface area (Å²) in [6, 6.07) is 0. The Morgan fingerprint density at radius 2 is 0.875 bits per heavy atom. The van der Waals surface area contributed by atoms with Gasteiger partial charge in [-0.25, -0.2) is 15.0 Å². The third-order valence-corrected chi connectivity index (χ3v) is 5.45. The molecule has 0 bridgehead atoms. The van der Waals surface area contributed by atoms with Gasteiger partial charge in [0.1, 0.15) is 17.5 Å². The van der Waals surface area contributed by atoms with Crippen LogP contribution in [0, 0.1) is 0 Å². The molecule has 126 valence electrons. The highest BCUT2D eigenvalue weighted by molar-refractivity contribution is 5.20. The second kappa shape index (κ2) is 7.42. The van der Waals surface area contributed by atoms with Crippen LogP contribution >= 0.6 is 0 Å². The van der Waals surface area contributed by atoms with Crippen molar-refractivity contribution in [2.75, 3.05) is 0 Å². The van der Waals surface area contributed by atoms with E-state index in [-0.39, 0.29) is 0 Å². The zero-order chi connectivity index (χ0) is 16.2. The molecule has 24 heavy (non-hydrogen) atoms. The average molecular weight is 321 g/mol. The number of rotatable bonds is 3. The third kappa shape index (κ3) is 3.50. The summed E-state index contributed by atoms with van der Waals surface area (Å²) in [5.41, 5.74) is 0. The van der Waals surface area contributed by atoms with Crippen molar-refractivity contribution in [2.24, 2.45) is 0 Å². The molecule has 3 nitrogen and oxygen atoms in total. The smallest absolute Gasteiger partial charge is 0.139 e. The Hall–Kier alpha value is -1.77. The number of hydrogen-bond acceptors (Lipinski definition) is 3. The molecule has 0 amide bonds. The molecular weight excluding hydrogens is 294 g/mol. The summed E-state index contributed by atoms with van der Waals surface area (Å²) in [6.45, 7) is 0. The quantitative estimate of drug-likeness (QED) is 0.705. The fourth-order valence-corrected chi connectivity index (χ4v) is 4.01. The van der Waals surface area contributed by atoms with Crippen molar-refractivity contribution in [2.45, 2.75) is 75.5 Å². The van der Waals surface area contributed by atoms with Crippen LogP contribution in [0.15, 0.2) is 36.5 Å². The molecule has 3 heteroatoms. The molecule has 0 N–H and O–H groups in total. The zero-order valence-electron chi connectivity index (χ0n) is 14.4. The van der Waals surface area contributed by atoms with E-state index in [0.29, 0.717) is 17.8 Å². The van der Waals surface area contributed by atoms with Crippen molar-refractivity contribution >= 4 is 0 Å². The van der Waals surface area contributed by atoms with Crippen molar-refractivity contribution < 1.29 is 0 Å². The molecule has 3 atom stereocenters. The van der Waals surface area contributed by atoms with Gasteiger partial charge in [-0.2, -0.15) is 0 Å². The summed E-state index contributed by atoms with van der Waals surface area (Å²) in [5.74, 6) is 4.13. The Morgan fingerprint density at radius 1 is 0.542 bits per heavy atom. The van der Waals surface area contributed by atoms with Crippen LogP contribution in [-0.4, -0.2) is 15.0 Å². The Labute approximate surface area is 145 Å². The topological polar surface area (TPSA) is 38.7 Å². The molecule has 3 unspecified atom stereocenters. The molecular formula is C21H27N3. The van der Waals surface area contributed by atoms with Crippen LogP contribution in [0.4, 0.5) is 0 Å². The van der Waals surface area contributed by atoms with Crippen LogP contribution in [0.1, 0.15) is 93.0 Å². The molecule has 1 aromatic rings. The van der Waals surface area contributed by atoms with E-state index >= 15 is 0 Å². The average Bonchev–Trinajstić information content (AvgIpc) is 2.70. The van der Waals surface area contributed by atoms with E-state index < -0.39 is 0 Å². The molecule has 0 aromatic carbocycles. The predicted octanol–water partition coefficient (Wildman–Crippen LogP) is 5.34. The van der Waals surface area contributed by atoms with Crippen LogP contribution in [-0.2, 0) is 0 Å². The number of nitrogens with zero attached hydrogens (tertiary/aromatic N) is 3. The second-order valence-electron chi connectivity index (χ2n) is 7.31. The summed E-state index contributed by atoms with van der Waals surface area (Å²) in [5, 5.41) is 0. The molecule has 3 aliphatic rings. The van der Waals surface area contributed by atoms with Gasteiger partial charge in [0.15, 0.2) is 0 Å². The van der Waals surface area contributed by atoms with Crippen molar-refractivity contribution in [1.29, 1.82) is 0 Å². The van der Waals surface area contributed by atoms with E-state index in [1.165, 1.54) is 57.8 Å². The lowest BCUT2D eigenvalue weighted by molar-refractivity contribution is 0.557. The maximum absolute atomic E-state index is 4.93. The van der Waals surface area contributed by atoms with Crippen molar-refractivity contribution in [1.82, 2.24) is 15.0 Å². The van der Waals surface area contributed by atoms with Crippen molar-refractivity contribution in [3.8, 4) is 0 Å². The summed E-state index contributed by atoms with van der Waals surface area (Å²) in [7, 11) is 0. The molecule has 0 radical (unpaired) electrons. The summed E-state index contributed by atoms with van der Waals surface area (Å²) in [4.78, 5) is 14.8. The van der Waals surface area contributed by atoms with Gasteiger partial charge in [-0.05, 0) is 57.8 Å². The molecule has 1 heterocycles. The van der Waals surface area contributed by atoms with Gasteiger partial charge in [0, 0.05) is 17.8 Å². The summed E-state index contributed by atoms with van der Waals surface area (Å²) >= 11 is 0. The van der Waals surface area contributed by atoms with E-state index in [4.69, 9.17) is 15.0 Å². The van der Waals surface area contributed by atoms with Crippen LogP contribution in [0.25, 0.3) is 0 Å². The molecule has 0 spiro atoms. The molecule has 0 fully saturated rings. The Morgan fingerprint density at radius 3 is 1.12 bits per heavy atom.